The predicted octanol–water partition coefficient (Wildman–Crippen LogP) is 2.52. The van der Waals surface area contributed by atoms with Crippen molar-refractivity contribution in [1.29, 1.82) is 0 Å². The van der Waals surface area contributed by atoms with Gasteiger partial charge in [0, 0.05) is 5.56 Å². The second-order valence-electron chi connectivity index (χ2n) is 3.31. The van der Waals surface area contributed by atoms with Crippen LogP contribution in [0.4, 0.5) is 25.1 Å². The summed E-state index contributed by atoms with van der Waals surface area (Å²) in [6.07, 6.45) is -4.49. The number of nitrogens with zero attached hydrogens (tertiary/aromatic N) is 1. The first kappa shape index (κ1) is 11.3. The second-order valence-corrected chi connectivity index (χ2v) is 3.31. The highest BCUT2D eigenvalue weighted by atomic mass is 19.4. The van der Waals surface area contributed by atoms with Crippen LogP contribution in [-0.2, 0) is 6.18 Å². The molecule has 0 fully saturated rings. The SMILES string of the molecule is Nc1nc(-c2ccccc2C(F)(F)F)c(N)o1. The molecule has 1 aromatic carbocycles. The third-order valence-corrected chi connectivity index (χ3v) is 2.16. The van der Waals surface area contributed by atoms with E-state index in [0.717, 1.165) is 6.07 Å². The van der Waals surface area contributed by atoms with Crippen LogP contribution in [0.25, 0.3) is 11.3 Å². The van der Waals surface area contributed by atoms with E-state index in [0.29, 0.717) is 0 Å². The molecule has 1 heterocycles. The van der Waals surface area contributed by atoms with E-state index in [4.69, 9.17) is 15.9 Å². The lowest BCUT2D eigenvalue weighted by Crippen LogP contribution is -2.07. The fourth-order valence-corrected chi connectivity index (χ4v) is 1.48. The average molecular weight is 243 g/mol. The molecule has 0 aliphatic rings. The third-order valence-electron chi connectivity index (χ3n) is 2.16. The maximum atomic E-state index is 12.7. The van der Waals surface area contributed by atoms with E-state index in [1.54, 1.807) is 0 Å². The highest BCUT2D eigenvalue weighted by molar-refractivity contribution is 5.73. The molecule has 0 saturated carbocycles. The fourth-order valence-electron chi connectivity index (χ4n) is 1.48. The Bertz CT molecular complexity index is 548. The van der Waals surface area contributed by atoms with Gasteiger partial charge in [0.1, 0.15) is 5.69 Å². The Morgan fingerprint density at radius 1 is 1.12 bits per heavy atom. The molecule has 90 valence electrons. The van der Waals surface area contributed by atoms with Crippen molar-refractivity contribution in [3.05, 3.63) is 29.8 Å². The summed E-state index contributed by atoms with van der Waals surface area (Å²) >= 11 is 0. The normalized spacial score (nSPS) is 11.7. The Labute approximate surface area is 94.0 Å². The molecule has 0 aliphatic carbocycles. The van der Waals surface area contributed by atoms with Crippen LogP contribution >= 0.6 is 0 Å². The monoisotopic (exact) mass is 243 g/mol. The third kappa shape index (κ3) is 2.03. The summed E-state index contributed by atoms with van der Waals surface area (Å²) in [7, 11) is 0. The molecule has 2 aromatic rings. The summed E-state index contributed by atoms with van der Waals surface area (Å²) in [6.45, 7) is 0. The molecule has 0 atom stereocenters. The fraction of sp³-hybridized carbons (Fsp3) is 0.100. The van der Waals surface area contributed by atoms with Gasteiger partial charge in [-0.15, -0.1) is 0 Å². The van der Waals surface area contributed by atoms with Crippen molar-refractivity contribution in [3.63, 3.8) is 0 Å². The number of nitrogens with two attached hydrogens (primary N) is 2. The topological polar surface area (TPSA) is 78.1 Å². The summed E-state index contributed by atoms with van der Waals surface area (Å²) in [5.41, 5.74) is 9.56. The van der Waals surface area contributed by atoms with E-state index < -0.39 is 11.7 Å². The Morgan fingerprint density at radius 2 is 1.76 bits per heavy atom. The lowest BCUT2D eigenvalue weighted by Gasteiger charge is -2.10. The van der Waals surface area contributed by atoms with Gasteiger partial charge in [0.25, 0.3) is 6.01 Å². The van der Waals surface area contributed by atoms with Crippen molar-refractivity contribution in [2.75, 3.05) is 11.5 Å². The van der Waals surface area contributed by atoms with Gasteiger partial charge in [0.05, 0.1) is 5.56 Å². The summed E-state index contributed by atoms with van der Waals surface area (Å²) in [6, 6.07) is 4.67. The molecule has 0 saturated heterocycles. The Balaban J connectivity index is 2.64. The second kappa shape index (κ2) is 3.69. The molecule has 0 spiro atoms. The number of hydrogen-bond donors (Lipinski definition) is 2. The Hall–Kier alpha value is -2.18. The quantitative estimate of drug-likeness (QED) is 0.806. The molecule has 0 radical (unpaired) electrons. The van der Waals surface area contributed by atoms with E-state index in [1.165, 1.54) is 18.2 Å². The number of nitrogen functional groups attached to an aromatic ring is 2. The number of anilines is 2. The first-order chi connectivity index (χ1) is 7.89. The van der Waals surface area contributed by atoms with E-state index in [-0.39, 0.29) is 23.2 Å². The minimum Gasteiger partial charge on any atom is -0.407 e. The Morgan fingerprint density at radius 3 is 2.29 bits per heavy atom. The molecule has 1 aromatic heterocycles. The number of hydrogen-bond acceptors (Lipinski definition) is 4. The van der Waals surface area contributed by atoms with Crippen molar-refractivity contribution in [3.8, 4) is 11.3 Å². The number of halogens is 3. The first-order valence-corrected chi connectivity index (χ1v) is 4.58. The molecule has 4 N–H and O–H groups in total. The number of rotatable bonds is 1. The molecule has 0 bridgehead atoms. The molecule has 2 rings (SSSR count). The van der Waals surface area contributed by atoms with E-state index >= 15 is 0 Å². The van der Waals surface area contributed by atoms with Crippen LogP contribution < -0.4 is 11.5 Å². The summed E-state index contributed by atoms with van der Waals surface area (Å²) < 4.78 is 42.9. The molecule has 4 nitrogen and oxygen atoms in total. The minimum absolute atomic E-state index is 0.101. The zero-order chi connectivity index (χ0) is 12.6. The number of oxazole rings is 1. The highest BCUT2D eigenvalue weighted by Gasteiger charge is 2.34. The maximum absolute atomic E-state index is 12.7. The van der Waals surface area contributed by atoms with Crippen LogP contribution in [-0.4, -0.2) is 4.98 Å². The van der Waals surface area contributed by atoms with Crippen LogP contribution in [0.2, 0.25) is 0 Å². The predicted molar refractivity (Wildman–Crippen MR) is 55.8 cm³/mol. The number of benzene rings is 1. The van der Waals surface area contributed by atoms with Crippen LogP contribution in [0.1, 0.15) is 5.56 Å². The highest BCUT2D eigenvalue weighted by Crippen LogP contribution is 2.38. The lowest BCUT2D eigenvalue weighted by atomic mass is 10.0. The van der Waals surface area contributed by atoms with Crippen molar-refractivity contribution in [1.82, 2.24) is 4.98 Å². The zero-order valence-corrected chi connectivity index (χ0v) is 8.45. The molecule has 7 heteroatoms. The van der Waals surface area contributed by atoms with Gasteiger partial charge >= 0.3 is 6.18 Å². The van der Waals surface area contributed by atoms with Crippen LogP contribution in [0.5, 0.6) is 0 Å². The van der Waals surface area contributed by atoms with E-state index in [9.17, 15) is 13.2 Å². The Kier molecular flexibility index (Phi) is 2.45. The van der Waals surface area contributed by atoms with Gasteiger partial charge < -0.3 is 15.9 Å². The standard InChI is InChI=1S/C10H8F3N3O/c11-10(12,13)6-4-2-1-3-5(6)7-8(14)17-9(15)16-7/h1-4H,14H2,(H2,15,16). The smallest absolute Gasteiger partial charge is 0.407 e. The maximum Gasteiger partial charge on any atom is 0.417 e. The van der Waals surface area contributed by atoms with Crippen LogP contribution in [0, 0.1) is 0 Å². The van der Waals surface area contributed by atoms with Gasteiger partial charge in [-0.1, -0.05) is 18.2 Å². The lowest BCUT2D eigenvalue weighted by molar-refractivity contribution is -0.137. The summed E-state index contributed by atoms with van der Waals surface area (Å²) in [4.78, 5) is 3.64. The van der Waals surface area contributed by atoms with Gasteiger partial charge in [0.15, 0.2) is 0 Å². The van der Waals surface area contributed by atoms with E-state index in [1.807, 2.05) is 0 Å². The first-order valence-electron chi connectivity index (χ1n) is 4.58. The number of aromatic nitrogens is 1. The van der Waals surface area contributed by atoms with Gasteiger partial charge in [-0.3, -0.25) is 0 Å². The average Bonchev–Trinajstić information content (AvgIpc) is 2.56. The molecule has 17 heavy (non-hydrogen) atoms. The van der Waals surface area contributed by atoms with Gasteiger partial charge in [0.2, 0.25) is 5.88 Å². The van der Waals surface area contributed by atoms with Gasteiger partial charge in [-0.05, 0) is 6.07 Å². The molecule has 0 aliphatic heterocycles. The van der Waals surface area contributed by atoms with Gasteiger partial charge in [-0.25, -0.2) is 0 Å². The van der Waals surface area contributed by atoms with Crippen LogP contribution in [0.3, 0.4) is 0 Å². The van der Waals surface area contributed by atoms with Crippen LogP contribution in [0.15, 0.2) is 28.7 Å². The largest absolute Gasteiger partial charge is 0.417 e. The van der Waals surface area contributed by atoms with E-state index in [2.05, 4.69) is 4.98 Å². The molecule has 0 amide bonds. The number of alkyl halides is 3. The summed E-state index contributed by atoms with van der Waals surface area (Å²) in [5.74, 6) is -0.237. The van der Waals surface area contributed by atoms with Crippen molar-refractivity contribution in [2.24, 2.45) is 0 Å². The molecular formula is C10H8F3N3O. The van der Waals surface area contributed by atoms with Crippen molar-refractivity contribution in [2.45, 2.75) is 6.18 Å². The summed E-state index contributed by atoms with van der Waals surface area (Å²) in [5, 5.41) is 0. The minimum atomic E-state index is -4.49. The molecule has 0 unspecified atom stereocenters. The zero-order valence-electron chi connectivity index (χ0n) is 8.45. The molecular weight excluding hydrogens is 235 g/mol. The van der Waals surface area contributed by atoms with Crippen molar-refractivity contribution < 1.29 is 17.6 Å². The van der Waals surface area contributed by atoms with Crippen molar-refractivity contribution >= 4 is 11.9 Å². The van der Waals surface area contributed by atoms with Gasteiger partial charge in [-0.2, -0.15) is 18.2 Å².